The molecule has 0 aromatic heterocycles. The molecule has 0 saturated carbocycles. The number of benzene rings is 3. The third-order valence-electron chi connectivity index (χ3n) is 6.46. The first-order chi connectivity index (χ1) is 21.4. The summed E-state index contributed by atoms with van der Waals surface area (Å²) in [6, 6.07) is 5.88. The molecule has 7 N–H and O–H groups in total. The number of methoxy groups -OCH3 is 2. The van der Waals surface area contributed by atoms with Crippen molar-refractivity contribution in [1.29, 1.82) is 0 Å². The van der Waals surface area contributed by atoms with Crippen LogP contribution in [0.3, 0.4) is 0 Å². The van der Waals surface area contributed by atoms with Gasteiger partial charge in [0, 0.05) is 12.1 Å². The van der Waals surface area contributed by atoms with Crippen molar-refractivity contribution in [2.75, 3.05) is 50.4 Å². The molecule has 0 spiro atoms. The van der Waals surface area contributed by atoms with E-state index in [-0.39, 0.29) is 55.2 Å². The van der Waals surface area contributed by atoms with Gasteiger partial charge >= 0.3 is 0 Å². The largest absolute Gasteiger partial charge is 0.494 e. The third kappa shape index (κ3) is 7.77. The molecule has 0 atom stereocenters. The summed E-state index contributed by atoms with van der Waals surface area (Å²) in [6.07, 6.45) is 0. The van der Waals surface area contributed by atoms with Crippen LogP contribution in [0.2, 0.25) is 0 Å². The Balaban J connectivity index is 2.19. The van der Waals surface area contributed by atoms with Gasteiger partial charge < -0.3 is 31.2 Å². The maximum Gasteiger partial charge on any atom is 0.296 e. The van der Waals surface area contributed by atoms with Crippen LogP contribution < -0.4 is 20.9 Å². The van der Waals surface area contributed by atoms with Gasteiger partial charge in [0.05, 0.1) is 60.1 Å². The van der Waals surface area contributed by atoms with Gasteiger partial charge in [0.25, 0.3) is 10.1 Å². The first-order valence-electron chi connectivity index (χ1n) is 13.0. The number of ether oxygens (including phenoxy) is 2. The fourth-order valence-corrected chi connectivity index (χ4v) is 7.43. The van der Waals surface area contributed by atoms with Crippen molar-refractivity contribution in [2.24, 2.45) is 20.5 Å². The molecule has 0 bridgehead atoms. The Morgan fingerprint density at radius 1 is 0.630 bits per heavy atom. The number of sulfone groups is 2. The van der Waals surface area contributed by atoms with Crippen molar-refractivity contribution in [1.82, 2.24) is 0 Å². The zero-order valence-corrected chi connectivity index (χ0v) is 27.4. The zero-order valence-electron chi connectivity index (χ0n) is 25.0. The van der Waals surface area contributed by atoms with Gasteiger partial charge in [-0.05, 0) is 43.2 Å². The first kappa shape index (κ1) is 36.3. The van der Waals surface area contributed by atoms with Crippen LogP contribution in [0.25, 0.3) is 0 Å². The number of nitrogens with two attached hydrogens (primary N) is 2. The van der Waals surface area contributed by atoms with Crippen molar-refractivity contribution in [3.05, 3.63) is 41.5 Å². The molecule has 0 aliphatic heterocycles. The summed E-state index contributed by atoms with van der Waals surface area (Å²) < 4.78 is 94.8. The molecular weight excluding hydrogens is 669 g/mol. The number of aliphatic hydroxyl groups excluding tert-OH is 2. The van der Waals surface area contributed by atoms with Crippen LogP contribution in [0, 0.1) is 13.8 Å². The Bertz CT molecular complexity index is 2050. The lowest BCUT2D eigenvalue weighted by Gasteiger charge is -2.13. The Labute approximate surface area is 265 Å². The SMILES string of the molecule is COc1cc(S(=O)(=O)CCO)c(C)cc1N=Nc1cc(S(=O)(=O)O)c(N)c(N=Nc2cc(C)c(S(=O)(=O)CCO)cc2OC)c1N. The van der Waals surface area contributed by atoms with E-state index in [1.165, 1.54) is 52.3 Å². The van der Waals surface area contributed by atoms with Gasteiger partial charge in [0.2, 0.25) is 0 Å². The lowest BCUT2D eigenvalue weighted by atomic mass is 10.2. The second-order valence-corrected chi connectivity index (χ2v) is 15.2. The normalized spacial score (nSPS) is 12.7. The van der Waals surface area contributed by atoms with Crippen molar-refractivity contribution in [3.8, 4) is 11.5 Å². The smallest absolute Gasteiger partial charge is 0.296 e. The predicted octanol–water partition coefficient (Wildman–Crippen LogP) is 3.09. The van der Waals surface area contributed by atoms with Gasteiger partial charge in [-0.1, -0.05) is 0 Å². The first-order valence-corrected chi connectivity index (χ1v) is 17.7. The minimum atomic E-state index is -4.96. The summed E-state index contributed by atoms with van der Waals surface area (Å²) in [7, 11) is -10.2. The Kier molecular flexibility index (Phi) is 11.1. The summed E-state index contributed by atoms with van der Waals surface area (Å²) in [5, 5.41) is 34.2. The third-order valence-corrected chi connectivity index (χ3v) is 11.0. The monoisotopic (exact) mass is 700 g/mol. The summed E-state index contributed by atoms with van der Waals surface area (Å²) in [5.41, 5.74) is 11.0. The van der Waals surface area contributed by atoms with Crippen molar-refractivity contribution in [2.45, 2.75) is 28.5 Å². The predicted molar refractivity (Wildman–Crippen MR) is 167 cm³/mol. The number of nitrogen functional groups attached to an aromatic ring is 2. The molecule has 0 radical (unpaired) electrons. The number of nitrogens with zero attached hydrogens (tertiary/aromatic N) is 4. The second-order valence-electron chi connectivity index (χ2n) is 9.61. The average Bonchev–Trinajstić information content (AvgIpc) is 2.95. The fourth-order valence-electron chi connectivity index (χ4n) is 4.20. The van der Waals surface area contributed by atoms with E-state index in [1.807, 2.05) is 0 Å². The van der Waals surface area contributed by atoms with Crippen LogP contribution >= 0.6 is 0 Å². The van der Waals surface area contributed by atoms with Crippen LogP contribution in [0.4, 0.5) is 34.1 Å². The minimum absolute atomic E-state index is 0.00126. The molecule has 3 aromatic rings. The fraction of sp³-hybridized carbons (Fsp3) is 0.308. The van der Waals surface area contributed by atoms with E-state index in [4.69, 9.17) is 31.2 Å². The van der Waals surface area contributed by atoms with E-state index in [1.54, 1.807) is 0 Å². The maximum atomic E-state index is 12.5. The average molecular weight is 701 g/mol. The number of anilines is 2. The molecule has 46 heavy (non-hydrogen) atoms. The minimum Gasteiger partial charge on any atom is -0.494 e. The van der Waals surface area contributed by atoms with Crippen molar-refractivity contribution < 1.29 is 49.5 Å². The highest BCUT2D eigenvalue weighted by Gasteiger charge is 2.24. The maximum absolute atomic E-state index is 12.5. The Hall–Kier alpha value is -4.21. The van der Waals surface area contributed by atoms with E-state index < -0.39 is 70.8 Å². The van der Waals surface area contributed by atoms with E-state index >= 15 is 0 Å². The lowest BCUT2D eigenvalue weighted by molar-refractivity contribution is 0.319. The van der Waals surface area contributed by atoms with Crippen LogP contribution in [0.1, 0.15) is 11.1 Å². The molecule has 0 amide bonds. The summed E-state index contributed by atoms with van der Waals surface area (Å²) in [4.78, 5) is -1.05. The standard InChI is InChI=1S/C26H32N6O11S3/c1-14-9-16(19(42-3)12-21(14)44(35,36)7-5-33)29-31-18-11-23(46(39,40)41)25(28)26(24(18)27)32-30-17-10-15(2)22(13-20(17)43-4)45(37,38)8-6-34/h9-13,33-34H,5-8,27-28H2,1-4H3,(H,39,40,41). The Morgan fingerprint density at radius 3 is 1.43 bits per heavy atom. The van der Waals surface area contributed by atoms with Crippen LogP contribution in [-0.2, 0) is 29.8 Å². The quantitative estimate of drug-likeness (QED) is 0.0974. The van der Waals surface area contributed by atoms with Gasteiger partial charge in [0.15, 0.2) is 19.7 Å². The van der Waals surface area contributed by atoms with Crippen molar-refractivity contribution >= 4 is 63.9 Å². The topological polar surface area (TPSA) is 283 Å². The van der Waals surface area contributed by atoms with Gasteiger partial charge in [-0.15, -0.1) is 20.5 Å². The van der Waals surface area contributed by atoms with E-state index in [0.717, 1.165) is 6.07 Å². The highest BCUT2D eigenvalue weighted by molar-refractivity contribution is 7.91. The molecule has 0 unspecified atom stereocenters. The zero-order chi connectivity index (χ0) is 34.6. The molecule has 250 valence electrons. The number of hydrogen-bond donors (Lipinski definition) is 5. The molecular formula is C26H32N6O11S3. The molecule has 0 saturated heterocycles. The second kappa shape index (κ2) is 14.1. The van der Waals surface area contributed by atoms with E-state index in [9.17, 15) is 29.8 Å². The van der Waals surface area contributed by atoms with E-state index in [2.05, 4.69) is 20.5 Å². The molecule has 20 heteroatoms. The number of aliphatic hydroxyl groups is 2. The Morgan fingerprint density at radius 2 is 1.04 bits per heavy atom. The highest BCUT2D eigenvalue weighted by atomic mass is 32.2. The molecule has 0 aliphatic carbocycles. The molecule has 0 fully saturated rings. The van der Waals surface area contributed by atoms with Gasteiger partial charge in [-0.2, -0.15) is 8.42 Å². The van der Waals surface area contributed by atoms with Gasteiger partial charge in [-0.3, -0.25) is 4.55 Å². The molecule has 3 aromatic carbocycles. The van der Waals surface area contributed by atoms with Gasteiger partial charge in [0.1, 0.15) is 39.1 Å². The van der Waals surface area contributed by atoms with Crippen LogP contribution in [0.15, 0.2) is 65.5 Å². The summed E-state index contributed by atoms with van der Waals surface area (Å²) >= 11 is 0. The lowest BCUT2D eigenvalue weighted by Crippen LogP contribution is -2.11. The van der Waals surface area contributed by atoms with Crippen LogP contribution in [0.5, 0.6) is 11.5 Å². The van der Waals surface area contributed by atoms with Crippen molar-refractivity contribution in [3.63, 3.8) is 0 Å². The molecule has 17 nitrogen and oxygen atoms in total. The van der Waals surface area contributed by atoms with Gasteiger partial charge in [-0.25, -0.2) is 16.8 Å². The number of hydrogen-bond acceptors (Lipinski definition) is 16. The summed E-state index contributed by atoms with van der Waals surface area (Å²) in [5.74, 6) is -1.11. The molecule has 0 aliphatic rings. The molecule has 3 rings (SSSR count). The number of aryl methyl sites for hydroxylation is 2. The molecule has 0 heterocycles. The summed E-state index contributed by atoms with van der Waals surface area (Å²) in [6.45, 7) is 1.77. The number of azo groups is 2. The highest BCUT2D eigenvalue weighted by Crippen LogP contribution is 2.44. The number of rotatable bonds is 13. The van der Waals surface area contributed by atoms with E-state index in [0.29, 0.717) is 0 Å². The van der Waals surface area contributed by atoms with Crippen LogP contribution in [-0.4, -0.2) is 79.0 Å².